The highest BCUT2D eigenvalue weighted by molar-refractivity contribution is 9.10. The molecular weight excluding hydrogens is 407 g/mol. The van der Waals surface area contributed by atoms with Crippen LogP contribution in [-0.4, -0.2) is 24.0 Å². The number of esters is 1. The quantitative estimate of drug-likeness (QED) is 0.769. The van der Waals surface area contributed by atoms with Crippen LogP contribution in [0.1, 0.15) is 21.6 Å². The average molecular weight is 418 g/mol. The smallest absolute Gasteiger partial charge is 0.464 e. The van der Waals surface area contributed by atoms with Gasteiger partial charge in [-0.1, -0.05) is 0 Å². The Balaban J connectivity index is 2.67. The van der Waals surface area contributed by atoms with Crippen molar-refractivity contribution in [2.75, 3.05) is 12.8 Å². The number of aromatic nitrogens is 1. The van der Waals surface area contributed by atoms with Gasteiger partial charge in [0.15, 0.2) is 5.69 Å². The summed E-state index contributed by atoms with van der Waals surface area (Å²) in [5, 5.41) is 9.12. The molecule has 10 heteroatoms. The minimum atomic E-state index is -4.84. The number of anilines is 1. The second kappa shape index (κ2) is 6.68. The SMILES string of the molecule is COC(=O)c1c(N)c(C#N)cn1-c1c(C)cc(OC(F)(F)F)cc1Br. The molecule has 2 aromatic rings. The van der Waals surface area contributed by atoms with Crippen molar-refractivity contribution in [2.45, 2.75) is 13.3 Å². The molecule has 0 radical (unpaired) electrons. The molecule has 132 valence electrons. The molecule has 1 aromatic carbocycles. The number of alkyl halides is 3. The topological polar surface area (TPSA) is 90.3 Å². The van der Waals surface area contributed by atoms with Crippen molar-refractivity contribution in [3.05, 3.63) is 39.6 Å². The molecule has 0 aliphatic rings. The van der Waals surface area contributed by atoms with E-state index in [0.717, 1.165) is 19.2 Å². The lowest BCUT2D eigenvalue weighted by Gasteiger charge is -2.16. The Morgan fingerprint density at radius 2 is 2.04 bits per heavy atom. The van der Waals surface area contributed by atoms with Gasteiger partial charge in [0.25, 0.3) is 0 Å². The van der Waals surface area contributed by atoms with Gasteiger partial charge in [-0.3, -0.25) is 0 Å². The van der Waals surface area contributed by atoms with Crippen molar-refractivity contribution in [2.24, 2.45) is 0 Å². The first kappa shape index (κ1) is 18.7. The Bertz CT molecular complexity index is 862. The molecule has 0 aliphatic heterocycles. The summed E-state index contributed by atoms with van der Waals surface area (Å²) in [5.74, 6) is -1.22. The Hall–Kier alpha value is -2.67. The van der Waals surface area contributed by atoms with Gasteiger partial charge in [-0.15, -0.1) is 13.2 Å². The van der Waals surface area contributed by atoms with E-state index in [9.17, 15) is 18.0 Å². The van der Waals surface area contributed by atoms with Crippen molar-refractivity contribution in [3.8, 4) is 17.5 Å². The molecule has 1 aromatic heterocycles. The van der Waals surface area contributed by atoms with Crippen molar-refractivity contribution < 1.29 is 27.4 Å². The van der Waals surface area contributed by atoms with E-state index in [1.807, 2.05) is 6.07 Å². The molecule has 25 heavy (non-hydrogen) atoms. The zero-order valence-electron chi connectivity index (χ0n) is 12.9. The van der Waals surface area contributed by atoms with E-state index >= 15 is 0 Å². The third-order valence-electron chi connectivity index (χ3n) is 3.25. The minimum absolute atomic E-state index is 0.0299. The van der Waals surface area contributed by atoms with Gasteiger partial charge in [0.1, 0.15) is 11.8 Å². The van der Waals surface area contributed by atoms with Crippen LogP contribution >= 0.6 is 15.9 Å². The van der Waals surface area contributed by atoms with Crippen LogP contribution < -0.4 is 10.5 Å². The third-order valence-corrected chi connectivity index (χ3v) is 3.85. The first-order chi connectivity index (χ1) is 11.6. The number of carbonyl (C=O) groups is 1. The molecule has 2 rings (SSSR count). The van der Waals surface area contributed by atoms with E-state index in [0.29, 0.717) is 11.3 Å². The van der Waals surface area contributed by atoms with E-state index in [4.69, 9.17) is 11.0 Å². The first-order valence-electron chi connectivity index (χ1n) is 6.64. The second-order valence-electron chi connectivity index (χ2n) is 4.90. The van der Waals surface area contributed by atoms with Crippen LogP contribution in [0.3, 0.4) is 0 Å². The van der Waals surface area contributed by atoms with Crippen molar-refractivity contribution in [3.63, 3.8) is 0 Å². The largest absolute Gasteiger partial charge is 0.573 e. The van der Waals surface area contributed by atoms with E-state index in [1.165, 1.54) is 17.7 Å². The van der Waals surface area contributed by atoms with Crippen molar-refractivity contribution in [1.82, 2.24) is 4.57 Å². The zero-order valence-corrected chi connectivity index (χ0v) is 14.5. The van der Waals surface area contributed by atoms with Gasteiger partial charge in [-0.25, -0.2) is 4.79 Å². The molecule has 1 heterocycles. The second-order valence-corrected chi connectivity index (χ2v) is 5.75. The van der Waals surface area contributed by atoms with Crippen molar-refractivity contribution in [1.29, 1.82) is 5.26 Å². The van der Waals surface area contributed by atoms with Gasteiger partial charge >= 0.3 is 12.3 Å². The monoisotopic (exact) mass is 417 g/mol. The minimum Gasteiger partial charge on any atom is -0.464 e. The fourth-order valence-corrected chi connectivity index (χ4v) is 3.02. The summed E-state index contributed by atoms with van der Waals surface area (Å²) in [6.45, 7) is 1.52. The van der Waals surface area contributed by atoms with Gasteiger partial charge in [0, 0.05) is 10.7 Å². The van der Waals surface area contributed by atoms with Gasteiger partial charge < -0.3 is 19.8 Å². The molecule has 0 saturated carbocycles. The number of rotatable bonds is 3. The fraction of sp³-hybridized carbons (Fsp3) is 0.200. The summed E-state index contributed by atoms with van der Waals surface area (Å²) in [6.07, 6.45) is -3.53. The third kappa shape index (κ3) is 3.71. The van der Waals surface area contributed by atoms with Crippen LogP contribution in [0, 0.1) is 18.3 Å². The summed E-state index contributed by atoms with van der Waals surface area (Å²) >= 11 is 3.16. The molecule has 0 fully saturated rings. The van der Waals surface area contributed by atoms with Gasteiger partial charge in [-0.05, 0) is 40.5 Å². The van der Waals surface area contributed by atoms with Gasteiger partial charge in [0.05, 0.1) is 24.0 Å². The van der Waals surface area contributed by atoms with Gasteiger partial charge in [0.2, 0.25) is 0 Å². The molecule has 0 bridgehead atoms. The standard InChI is InChI=1S/C15H11BrF3N3O3/c1-7-3-9(25-15(17,18)19)4-10(16)12(7)22-6-8(5-20)11(21)13(22)14(23)24-2/h3-4,6H,21H2,1-2H3. The van der Waals surface area contributed by atoms with Gasteiger partial charge in [-0.2, -0.15) is 5.26 Å². The van der Waals surface area contributed by atoms with Crippen LogP contribution in [0.25, 0.3) is 5.69 Å². The highest BCUT2D eigenvalue weighted by atomic mass is 79.9. The summed E-state index contributed by atoms with van der Waals surface area (Å²) < 4.78 is 47.2. The number of aryl methyl sites for hydroxylation is 1. The number of carbonyl (C=O) groups excluding carboxylic acids is 1. The molecule has 6 nitrogen and oxygen atoms in total. The number of nitrogens with two attached hydrogens (primary N) is 1. The Labute approximate surface area is 148 Å². The first-order valence-corrected chi connectivity index (χ1v) is 7.43. The molecule has 0 spiro atoms. The predicted molar refractivity (Wildman–Crippen MR) is 85.4 cm³/mol. The average Bonchev–Trinajstić information content (AvgIpc) is 2.80. The van der Waals surface area contributed by atoms with Crippen molar-refractivity contribution >= 4 is 27.6 Å². The van der Waals surface area contributed by atoms with Crippen LogP contribution in [0.5, 0.6) is 5.75 Å². The lowest BCUT2D eigenvalue weighted by atomic mass is 10.2. The lowest BCUT2D eigenvalue weighted by Crippen LogP contribution is -2.17. The molecular formula is C15H11BrF3N3O3. The summed E-state index contributed by atoms with van der Waals surface area (Å²) in [6, 6.07) is 4.09. The number of ether oxygens (including phenoxy) is 2. The fourth-order valence-electron chi connectivity index (χ4n) is 2.29. The number of nitriles is 1. The maximum atomic E-state index is 12.4. The lowest BCUT2D eigenvalue weighted by molar-refractivity contribution is -0.274. The van der Waals surface area contributed by atoms with Crippen LogP contribution in [-0.2, 0) is 4.74 Å². The highest BCUT2D eigenvalue weighted by Crippen LogP contribution is 2.35. The number of hydrogen-bond donors (Lipinski definition) is 1. The molecule has 0 atom stereocenters. The number of hydrogen-bond acceptors (Lipinski definition) is 5. The van der Waals surface area contributed by atoms with E-state index in [2.05, 4.69) is 25.4 Å². The van der Waals surface area contributed by atoms with Crippen LogP contribution in [0.2, 0.25) is 0 Å². The Kier molecular flexibility index (Phi) is 4.99. The van der Waals surface area contributed by atoms with E-state index in [1.54, 1.807) is 0 Å². The van der Waals surface area contributed by atoms with Crippen LogP contribution in [0.15, 0.2) is 22.8 Å². The summed E-state index contributed by atoms with van der Waals surface area (Å²) in [7, 11) is 1.15. The zero-order chi connectivity index (χ0) is 18.9. The van der Waals surface area contributed by atoms with Crippen LogP contribution in [0.4, 0.5) is 18.9 Å². The van der Waals surface area contributed by atoms with E-state index in [-0.39, 0.29) is 21.4 Å². The predicted octanol–water partition coefficient (Wildman–Crippen LogP) is 3.69. The number of nitrogens with zero attached hydrogens (tertiary/aromatic N) is 2. The number of methoxy groups -OCH3 is 1. The molecule has 2 N–H and O–H groups in total. The Morgan fingerprint density at radius 1 is 1.40 bits per heavy atom. The number of halogens is 4. The van der Waals surface area contributed by atoms with E-state index < -0.39 is 18.1 Å². The maximum absolute atomic E-state index is 12.4. The number of benzene rings is 1. The number of nitrogen functional groups attached to an aromatic ring is 1. The maximum Gasteiger partial charge on any atom is 0.573 e. The highest BCUT2D eigenvalue weighted by Gasteiger charge is 2.32. The molecule has 0 aliphatic carbocycles. The molecule has 0 unspecified atom stereocenters. The molecule has 0 saturated heterocycles. The molecule has 0 amide bonds. The normalized spacial score (nSPS) is 11.1. The Morgan fingerprint density at radius 3 is 2.52 bits per heavy atom. The summed E-state index contributed by atoms with van der Waals surface area (Å²) in [5.41, 5.74) is 6.32. The summed E-state index contributed by atoms with van der Waals surface area (Å²) in [4.78, 5) is 12.0.